The van der Waals surface area contributed by atoms with E-state index >= 15 is 0 Å². The van der Waals surface area contributed by atoms with Crippen LogP contribution >= 0.6 is 0 Å². The van der Waals surface area contributed by atoms with Crippen LogP contribution in [0.4, 0.5) is 0 Å². The molecule has 0 saturated carbocycles. The molecule has 5 N–H and O–H groups in total. The Labute approximate surface area is 198 Å². The molecule has 1 aromatic heterocycles. The molecule has 0 spiro atoms. The van der Waals surface area contributed by atoms with Crippen LogP contribution in [-0.2, 0) is 0 Å². The van der Waals surface area contributed by atoms with Gasteiger partial charge in [0.15, 0.2) is 0 Å². The lowest BCUT2D eigenvalue weighted by atomic mass is 9.91. The van der Waals surface area contributed by atoms with Crippen molar-refractivity contribution < 1.29 is 9.59 Å². The summed E-state index contributed by atoms with van der Waals surface area (Å²) in [5.74, 6) is -0.434. The number of piperidine rings is 1. The van der Waals surface area contributed by atoms with E-state index in [9.17, 15) is 9.59 Å². The van der Waals surface area contributed by atoms with Crippen LogP contribution in [0.5, 0.6) is 0 Å². The van der Waals surface area contributed by atoms with Gasteiger partial charge in [0.1, 0.15) is 0 Å². The van der Waals surface area contributed by atoms with E-state index in [-0.39, 0.29) is 11.9 Å². The Morgan fingerprint density at radius 1 is 0.912 bits per heavy atom. The number of nitrogens with one attached hydrogen (secondary N) is 1. The van der Waals surface area contributed by atoms with Crippen molar-refractivity contribution in [2.24, 2.45) is 11.5 Å². The molecular formula is C28H28N4O2. The first-order valence-corrected chi connectivity index (χ1v) is 11.6. The molecular weight excluding hydrogens is 424 g/mol. The minimum atomic E-state index is -0.458. The number of carbonyl (C=O) groups excluding carboxylic acids is 2. The highest BCUT2D eigenvalue weighted by molar-refractivity contribution is 6.09. The lowest BCUT2D eigenvalue weighted by Crippen LogP contribution is -2.42. The van der Waals surface area contributed by atoms with Gasteiger partial charge in [0.2, 0.25) is 5.91 Å². The van der Waals surface area contributed by atoms with Gasteiger partial charge in [-0.1, -0.05) is 42.0 Å². The topological polar surface area (TPSA) is 105 Å². The first kappa shape index (κ1) is 21.9. The highest BCUT2D eigenvalue weighted by atomic mass is 16.2. The van der Waals surface area contributed by atoms with E-state index in [0.717, 1.165) is 46.0 Å². The number of nitrogens with zero attached hydrogens (tertiary/aromatic N) is 1. The van der Waals surface area contributed by atoms with Crippen molar-refractivity contribution in [1.29, 1.82) is 0 Å². The quantitative estimate of drug-likeness (QED) is 0.425. The van der Waals surface area contributed by atoms with Gasteiger partial charge in [-0.25, -0.2) is 0 Å². The normalized spacial score (nSPS) is 14.5. The van der Waals surface area contributed by atoms with Gasteiger partial charge in [-0.2, -0.15) is 0 Å². The maximum absolute atomic E-state index is 13.4. The van der Waals surface area contributed by atoms with Gasteiger partial charge in [-0.3, -0.25) is 9.59 Å². The average Bonchev–Trinajstić information content (AvgIpc) is 3.27. The van der Waals surface area contributed by atoms with Crippen LogP contribution in [0.2, 0.25) is 0 Å². The largest absolute Gasteiger partial charge is 0.366 e. The zero-order chi connectivity index (χ0) is 23.8. The molecule has 6 nitrogen and oxygen atoms in total. The van der Waals surface area contributed by atoms with Crippen molar-refractivity contribution in [3.63, 3.8) is 0 Å². The molecule has 2 amide bonds. The molecule has 1 fully saturated rings. The van der Waals surface area contributed by atoms with Gasteiger partial charge in [0.05, 0.1) is 5.56 Å². The number of hydrogen-bond acceptors (Lipinski definition) is 3. The maximum atomic E-state index is 13.4. The molecule has 0 radical (unpaired) electrons. The van der Waals surface area contributed by atoms with E-state index in [2.05, 4.69) is 48.3 Å². The van der Waals surface area contributed by atoms with Crippen molar-refractivity contribution in [2.75, 3.05) is 13.1 Å². The summed E-state index contributed by atoms with van der Waals surface area (Å²) in [7, 11) is 0. The first-order chi connectivity index (χ1) is 16.4. The minimum absolute atomic E-state index is 0.0243. The Bertz CT molecular complexity index is 1360. The molecule has 1 saturated heterocycles. The Morgan fingerprint density at radius 2 is 1.50 bits per heavy atom. The third-order valence-corrected chi connectivity index (χ3v) is 6.72. The van der Waals surface area contributed by atoms with Crippen LogP contribution in [0, 0.1) is 6.92 Å². The molecule has 2 heterocycles. The van der Waals surface area contributed by atoms with Crippen LogP contribution in [-0.4, -0.2) is 40.8 Å². The van der Waals surface area contributed by atoms with Crippen LogP contribution < -0.4 is 11.5 Å². The van der Waals surface area contributed by atoms with Crippen molar-refractivity contribution in [3.8, 4) is 22.3 Å². The third-order valence-electron chi connectivity index (χ3n) is 6.72. The van der Waals surface area contributed by atoms with E-state index in [4.69, 9.17) is 11.5 Å². The molecule has 5 rings (SSSR count). The number of amides is 2. The van der Waals surface area contributed by atoms with E-state index in [0.29, 0.717) is 24.2 Å². The second kappa shape index (κ2) is 8.80. The SMILES string of the molecule is Cc1ccc(-c2cc3[nH]cc(C(=O)N4CCC(N)CC4)c3cc2-c2ccc(C(N)=O)cc2)cc1. The van der Waals surface area contributed by atoms with Crippen molar-refractivity contribution in [3.05, 3.63) is 83.6 Å². The summed E-state index contributed by atoms with van der Waals surface area (Å²) in [4.78, 5) is 30.1. The van der Waals surface area contributed by atoms with Crippen molar-refractivity contribution in [1.82, 2.24) is 9.88 Å². The number of likely N-dealkylation sites (tertiary alicyclic amines) is 1. The number of carbonyl (C=O) groups is 2. The molecule has 3 aromatic carbocycles. The molecule has 1 aliphatic heterocycles. The molecule has 4 aromatic rings. The summed E-state index contributed by atoms with van der Waals surface area (Å²) in [6.45, 7) is 3.41. The summed E-state index contributed by atoms with van der Waals surface area (Å²) >= 11 is 0. The van der Waals surface area contributed by atoms with Crippen LogP contribution in [0.3, 0.4) is 0 Å². The maximum Gasteiger partial charge on any atom is 0.256 e. The number of aromatic amines is 1. The van der Waals surface area contributed by atoms with Crippen LogP contribution in [0.1, 0.15) is 39.1 Å². The van der Waals surface area contributed by atoms with Crippen molar-refractivity contribution in [2.45, 2.75) is 25.8 Å². The lowest BCUT2D eigenvalue weighted by Gasteiger charge is -2.30. The number of primary amides is 1. The minimum Gasteiger partial charge on any atom is -0.366 e. The summed E-state index contributed by atoms with van der Waals surface area (Å²) in [6.07, 6.45) is 3.45. The fourth-order valence-corrected chi connectivity index (χ4v) is 4.64. The van der Waals surface area contributed by atoms with Crippen molar-refractivity contribution >= 4 is 22.7 Å². The van der Waals surface area contributed by atoms with Crippen LogP contribution in [0.15, 0.2) is 66.9 Å². The Morgan fingerprint density at radius 3 is 2.12 bits per heavy atom. The van der Waals surface area contributed by atoms with Gasteiger partial charge in [-0.15, -0.1) is 0 Å². The molecule has 0 aliphatic carbocycles. The van der Waals surface area contributed by atoms with Gasteiger partial charge in [-0.05, 0) is 66.3 Å². The summed E-state index contributed by atoms with van der Waals surface area (Å²) < 4.78 is 0. The smallest absolute Gasteiger partial charge is 0.256 e. The molecule has 0 atom stereocenters. The molecule has 6 heteroatoms. The van der Waals surface area contributed by atoms with Gasteiger partial charge >= 0.3 is 0 Å². The van der Waals surface area contributed by atoms with Gasteiger partial charge in [0.25, 0.3) is 5.91 Å². The fraction of sp³-hybridized carbons (Fsp3) is 0.214. The third kappa shape index (κ3) is 4.08. The highest BCUT2D eigenvalue weighted by Crippen LogP contribution is 2.37. The number of fused-ring (bicyclic) bond motifs is 1. The number of rotatable bonds is 4. The standard InChI is InChI=1S/C28H28N4O2/c1-17-2-4-18(5-3-17)23-15-26-24(14-22(23)19-6-8-20(9-7-19)27(30)33)25(16-31-26)28(34)32-12-10-21(29)11-13-32/h2-9,14-16,21,31H,10-13,29H2,1H3,(H2,30,33). The number of hydrogen-bond donors (Lipinski definition) is 3. The molecule has 172 valence electrons. The lowest BCUT2D eigenvalue weighted by molar-refractivity contribution is 0.0716. The monoisotopic (exact) mass is 452 g/mol. The summed E-state index contributed by atoms with van der Waals surface area (Å²) in [6, 6.07) is 20.0. The fourth-order valence-electron chi connectivity index (χ4n) is 4.64. The summed E-state index contributed by atoms with van der Waals surface area (Å²) in [5, 5.41) is 0.879. The number of aryl methyl sites for hydroxylation is 1. The predicted octanol–water partition coefficient (Wildman–Crippen LogP) is 4.47. The van der Waals surface area contributed by atoms with Gasteiger partial charge in [0, 0.05) is 41.8 Å². The number of nitrogens with two attached hydrogens (primary N) is 2. The molecule has 0 unspecified atom stereocenters. The second-order valence-corrected chi connectivity index (χ2v) is 9.08. The second-order valence-electron chi connectivity index (χ2n) is 9.08. The molecule has 1 aliphatic rings. The van der Waals surface area contributed by atoms with E-state index < -0.39 is 5.91 Å². The Balaban J connectivity index is 1.64. The highest BCUT2D eigenvalue weighted by Gasteiger charge is 2.24. The zero-order valence-corrected chi connectivity index (χ0v) is 19.2. The average molecular weight is 453 g/mol. The Kier molecular flexibility index (Phi) is 5.67. The van der Waals surface area contributed by atoms with E-state index in [1.807, 2.05) is 17.0 Å². The first-order valence-electron chi connectivity index (χ1n) is 11.6. The summed E-state index contributed by atoms with van der Waals surface area (Å²) in [5.41, 5.74) is 18.7. The molecule has 0 bridgehead atoms. The Hall–Kier alpha value is -3.90. The zero-order valence-electron chi connectivity index (χ0n) is 19.2. The number of H-pyrrole nitrogens is 1. The van der Waals surface area contributed by atoms with E-state index in [1.165, 1.54) is 5.56 Å². The van der Waals surface area contributed by atoms with Crippen LogP contribution in [0.25, 0.3) is 33.2 Å². The van der Waals surface area contributed by atoms with Gasteiger partial charge < -0.3 is 21.4 Å². The molecule has 34 heavy (non-hydrogen) atoms. The van der Waals surface area contributed by atoms with E-state index in [1.54, 1.807) is 18.3 Å². The predicted molar refractivity (Wildman–Crippen MR) is 136 cm³/mol. The number of benzene rings is 3. The number of aromatic nitrogens is 1.